The average Bonchev–Trinajstić information content (AvgIpc) is 3.58. The number of nitrogens with one attached hydrogen (secondary N) is 4. The quantitative estimate of drug-likeness (QED) is 0.0274. The van der Waals surface area contributed by atoms with E-state index in [1.165, 1.54) is 118 Å². The summed E-state index contributed by atoms with van der Waals surface area (Å²) >= 11 is 15.2. The Morgan fingerprint density at radius 3 is 1.35 bits per heavy atom. The highest BCUT2D eigenvalue weighted by Gasteiger charge is 2.32. The number of amides is 4. The highest BCUT2D eigenvalue weighted by Crippen LogP contribution is 2.33. The zero-order valence-electron chi connectivity index (χ0n) is 45.7. The van der Waals surface area contributed by atoms with Gasteiger partial charge in [0, 0.05) is 68.7 Å². The number of carbonyl (C=O) groups excluding carboxylic acids is 5. The van der Waals surface area contributed by atoms with Gasteiger partial charge >= 0.3 is 24.3 Å². The molecule has 6 aromatic carbocycles. The highest BCUT2D eigenvalue weighted by atomic mass is 35.5. The van der Waals surface area contributed by atoms with Gasteiger partial charge in [-0.25, -0.2) is 9.36 Å². The van der Waals surface area contributed by atoms with E-state index in [2.05, 4.69) is 31.5 Å². The summed E-state index contributed by atoms with van der Waals surface area (Å²) in [7, 11) is 0. The minimum Gasteiger partial charge on any atom is -0.481 e. The minimum absolute atomic E-state index is 0.0394. The van der Waals surface area contributed by atoms with Crippen LogP contribution in [0.5, 0.6) is 0 Å². The fourth-order valence-corrected chi connectivity index (χ4v) is 9.89. The van der Waals surface area contributed by atoms with Crippen molar-refractivity contribution in [1.29, 1.82) is 0 Å². The summed E-state index contributed by atoms with van der Waals surface area (Å²) in [4.78, 5) is 75.1. The molecule has 4 amide bonds. The van der Waals surface area contributed by atoms with Crippen molar-refractivity contribution in [1.82, 2.24) is 19.6 Å². The molecule has 0 radical (unpaired) electrons. The number of carboxylic acids is 1. The normalized spacial score (nSPS) is 11.4. The molecular weight excluding hydrogens is 1210 g/mol. The molecule has 2 aromatic heterocycles. The number of carbonyl (C=O) groups is 6. The number of nitrogens with zero attached hydrogens (tertiary/aromatic N) is 4. The standard InChI is InChI=1S/C32H30ClF3N4O4S.C28H22ClF3N4O4S/c1-31(2,3)44-28(41)13-15-45-19-20-6-4-7-21(16-20)29(42)37-26-11-10-23(33)18-25(26)30(43)38-27-12-14-40(39-27)24-9-5-8-22(17-24)32(34,35)36;29-20-7-8-23(33-26(39)18-4-1-3-17(13-18)16-41-12-10-25(37)38)22(15-20)27(40)34-24-9-11-36(35-24)21-6-2-5-19(14-21)28(30,31)32/h4-12,14,16-18H,13,15,19H2,1-3H3,(H,37,42)(H,38,39,43);1-9,11,13-15H,10,12,16H2,(H,33,39)(H,37,38)(H,34,35,40). The molecule has 26 heteroatoms. The Hall–Kier alpha value is -8.58. The van der Waals surface area contributed by atoms with E-state index in [1.807, 2.05) is 32.9 Å². The Kier molecular flexibility index (Phi) is 21.9. The lowest BCUT2D eigenvalue weighted by Crippen LogP contribution is -2.24. The number of thioether (sulfide) groups is 2. The van der Waals surface area contributed by atoms with Gasteiger partial charge in [0.05, 0.1) is 57.8 Å². The number of aromatic nitrogens is 4. The van der Waals surface area contributed by atoms with Crippen LogP contribution in [0.25, 0.3) is 11.4 Å². The second-order valence-electron chi connectivity index (χ2n) is 19.6. The number of benzene rings is 6. The predicted octanol–water partition coefficient (Wildman–Crippen LogP) is 14.8. The molecule has 2 heterocycles. The molecule has 86 heavy (non-hydrogen) atoms. The van der Waals surface area contributed by atoms with Gasteiger partial charge < -0.3 is 31.1 Å². The molecule has 0 aliphatic rings. The molecule has 0 unspecified atom stereocenters. The first-order valence-electron chi connectivity index (χ1n) is 25.8. The van der Waals surface area contributed by atoms with Crippen LogP contribution in [0.4, 0.5) is 49.4 Å². The van der Waals surface area contributed by atoms with Crippen LogP contribution in [0, 0.1) is 0 Å². The van der Waals surface area contributed by atoms with Crippen molar-refractivity contribution >= 4 is 105 Å². The monoisotopic (exact) mass is 1260 g/mol. The third kappa shape index (κ3) is 19.5. The van der Waals surface area contributed by atoms with E-state index >= 15 is 0 Å². The number of halogens is 8. The van der Waals surface area contributed by atoms with Crippen molar-refractivity contribution < 1.29 is 65.0 Å². The van der Waals surface area contributed by atoms with Crippen LogP contribution in [0.15, 0.2) is 158 Å². The summed E-state index contributed by atoms with van der Waals surface area (Å²) in [5.74, 6) is -1.13. The lowest BCUT2D eigenvalue weighted by atomic mass is 10.1. The van der Waals surface area contributed by atoms with Crippen LogP contribution in [-0.2, 0) is 38.2 Å². The van der Waals surface area contributed by atoms with Crippen molar-refractivity contribution in [3.8, 4) is 11.4 Å². The molecule has 0 aliphatic carbocycles. The second-order valence-corrected chi connectivity index (χ2v) is 22.7. The number of hydrogen-bond acceptors (Lipinski definition) is 11. The van der Waals surface area contributed by atoms with Gasteiger partial charge in [-0.1, -0.05) is 59.6 Å². The zero-order valence-corrected chi connectivity index (χ0v) is 48.8. The third-order valence-electron chi connectivity index (χ3n) is 11.7. The Balaban J connectivity index is 0.000000247. The molecule has 16 nitrogen and oxygen atoms in total. The van der Waals surface area contributed by atoms with Crippen molar-refractivity contribution in [2.75, 3.05) is 32.8 Å². The molecule has 0 fully saturated rings. The fraction of sp³-hybridized carbons (Fsp3) is 0.200. The average molecular weight is 1260 g/mol. The first kappa shape index (κ1) is 65.0. The van der Waals surface area contributed by atoms with E-state index in [1.54, 1.807) is 36.4 Å². The van der Waals surface area contributed by atoms with Crippen LogP contribution in [0.1, 0.15) is 97.3 Å². The number of aliphatic carboxylic acids is 1. The Labute approximate surface area is 507 Å². The van der Waals surface area contributed by atoms with Crippen LogP contribution in [0.2, 0.25) is 10.0 Å². The smallest absolute Gasteiger partial charge is 0.416 e. The molecule has 5 N–H and O–H groups in total. The SMILES string of the molecule is CC(C)(C)OC(=O)CCSCc1cccc(C(=O)Nc2ccc(Cl)cc2C(=O)Nc2ccn(-c3cccc(C(F)(F)F)c3)n2)c1.O=C(O)CCSCc1cccc(C(=O)Nc2ccc(Cl)cc2C(=O)Nc2ccn(-c3cccc(C(F)(F)F)c3)n2)c1. The van der Waals surface area contributed by atoms with E-state index in [9.17, 15) is 55.1 Å². The lowest BCUT2D eigenvalue weighted by Gasteiger charge is -2.19. The molecule has 8 aromatic rings. The Morgan fingerprint density at radius 1 is 0.523 bits per heavy atom. The molecular formula is C60H52Cl2F6N8O8S2. The van der Waals surface area contributed by atoms with Crippen LogP contribution < -0.4 is 21.3 Å². The molecule has 0 atom stereocenters. The topological polar surface area (TPSA) is 216 Å². The molecule has 0 bridgehead atoms. The minimum atomic E-state index is -4.52. The lowest BCUT2D eigenvalue weighted by molar-refractivity contribution is -0.154. The van der Waals surface area contributed by atoms with Gasteiger partial charge in [0.1, 0.15) is 5.60 Å². The van der Waals surface area contributed by atoms with Gasteiger partial charge in [-0.3, -0.25) is 28.8 Å². The van der Waals surface area contributed by atoms with Gasteiger partial charge in [-0.2, -0.15) is 60.1 Å². The first-order valence-corrected chi connectivity index (χ1v) is 28.8. The van der Waals surface area contributed by atoms with E-state index in [-0.39, 0.29) is 74.4 Å². The number of ether oxygens (including phenoxy) is 1. The Bertz CT molecular complexity index is 3780. The summed E-state index contributed by atoms with van der Waals surface area (Å²) in [6, 6.07) is 34.6. The molecule has 0 saturated carbocycles. The predicted molar refractivity (Wildman–Crippen MR) is 320 cm³/mol. The maximum atomic E-state index is 13.2. The Morgan fingerprint density at radius 2 is 0.942 bits per heavy atom. The van der Waals surface area contributed by atoms with Crippen molar-refractivity contribution in [3.63, 3.8) is 0 Å². The molecule has 8 rings (SSSR count). The second kappa shape index (κ2) is 29.0. The van der Waals surface area contributed by atoms with E-state index < -0.39 is 58.7 Å². The number of hydrogen-bond donors (Lipinski definition) is 5. The zero-order chi connectivity index (χ0) is 62.3. The summed E-state index contributed by atoms with van der Waals surface area (Å²) in [5.41, 5.74) is 0.977. The summed E-state index contributed by atoms with van der Waals surface area (Å²) in [5, 5.41) is 28.2. The number of anilines is 4. The van der Waals surface area contributed by atoms with Gasteiger partial charge in [0.2, 0.25) is 0 Å². The maximum absolute atomic E-state index is 13.2. The maximum Gasteiger partial charge on any atom is 0.416 e. The first-order chi connectivity index (χ1) is 40.7. The van der Waals surface area contributed by atoms with Gasteiger partial charge in [0.15, 0.2) is 11.6 Å². The fourth-order valence-electron chi connectivity index (χ4n) is 7.79. The summed E-state index contributed by atoms with van der Waals surface area (Å²) < 4.78 is 86.3. The number of rotatable bonds is 20. The van der Waals surface area contributed by atoms with Gasteiger partial charge in [-0.15, -0.1) is 0 Å². The molecule has 0 aliphatic heterocycles. The van der Waals surface area contributed by atoms with Crippen molar-refractivity contribution in [3.05, 3.63) is 213 Å². The number of esters is 1. The molecule has 0 saturated heterocycles. The van der Waals surface area contributed by atoms with Gasteiger partial charge in [-0.05, 0) is 129 Å². The largest absolute Gasteiger partial charge is 0.481 e. The van der Waals surface area contributed by atoms with Crippen LogP contribution in [-0.4, -0.2) is 77.3 Å². The molecule has 448 valence electrons. The molecule has 0 spiro atoms. The number of alkyl halides is 6. The van der Waals surface area contributed by atoms with Gasteiger partial charge in [0.25, 0.3) is 23.6 Å². The van der Waals surface area contributed by atoms with E-state index in [0.717, 1.165) is 35.4 Å². The number of carboxylic acid groups (broad SMARTS) is 1. The van der Waals surface area contributed by atoms with Crippen LogP contribution in [0.3, 0.4) is 0 Å². The van der Waals surface area contributed by atoms with Crippen molar-refractivity contribution in [2.45, 2.75) is 63.1 Å². The van der Waals surface area contributed by atoms with E-state index in [4.69, 9.17) is 33.0 Å². The third-order valence-corrected chi connectivity index (χ3v) is 14.3. The summed E-state index contributed by atoms with van der Waals surface area (Å²) in [6.45, 7) is 5.45. The summed E-state index contributed by atoms with van der Waals surface area (Å²) in [6.07, 6.45) is -5.91. The van der Waals surface area contributed by atoms with Crippen LogP contribution >= 0.6 is 46.7 Å². The van der Waals surface area contributed by atoms with Crippen molar-refractivity contribution in [2.24, 2.45) is 0 Å². The highest BCUT2D eigenvalue weighted by molar-refractivity contribution is 7.98. The van der Waals surface area contributed by atoms with E-state index in [0.29, 0.717) is 34.1 Å².